The van der Waals surface area contributed by atoms with E-state index in [2.05, 4.69) is 5.32 Å². The van der Waals surface area contributed by atoms with E-state index in [1.807, 2.05) is 24.3 Å². The van der Waals surface area contributed by atoms with Gasteiger partial charge in [0.2, 0.25) is 0 Å². The molecular weight excluding hydrogens is 306 g/mol. The number of carbonyl (C=O) groups is 2. The van der Waals surface area contributed by atoms with Gasteiger partial charge >= 0.3 is 0 Å². The van der Waals surface area contributed by atoms with Crippen molar-refractivity contribution in [2.45, 2.75) is 0 Å². The molecule has 120 valence electrons. The van der Waals surface area contributed by atoms with Crippen LogP contribution in [-0.2, 0) is 4.79 Å². The second-order valence-corrected chi connectivity index (χ2v) is 5.25. The molecule has 0 aliphatic carbocycles. The average molecular weight is 321 g/mol. The number of hydrogen-bond acceptors (Lipinski definition) is 4. The molecule has 2 aromatic rings. The quantitative estimate of drug-likeness (QED) is 0.929. The van der Waals surface area contributed by atoms with Crippen LogP contribution in [0.15, 0.2) is 48.5 Å². The van der Waals surface area contributed by atoms with Crippen LogP contribution in [0.3, 0.4) is 0 Å². The summed E-state index contributed by atoms with van der Waals surface area (Å²) in [5.41, 5.74) is 1.55. The fraction of sp³-hybridized carbons (Fsp3) is 0.167. The molecule has 1 aliphatic heterocycles. The predicted octanol–water partition coefficient (Wildman–Crippen LogP) is 1.71. The van der Waals surface area contributed by atoms with Gasteiger partial charge in [0.1, 0.15) is 5.75 Å². The standard InChI is InChI=1S/C18H15N3O3/c19-11-13-4-3-5-14(10-13)18(23)20-8-9-21-15-6-1-2-7-16(15)24-12-17(21)22/h1-7,10H,8-9,12H2,(H,20,23). The van der Waals surface area contributed by atoms with E-state index in [1.54, 1.807) is 29.2 Å². The van der Waals surface area contributed by atoms with E-state index >= 15 is 0 Å². The fourth-order valence-corrected chi connectivity index (χ4v) is 2.51. The zero-order chi connectivity index (χ0) is 16.9. The highest BCUT2D eigenvalue weighted by molar-refractivity contribution is 5.98. The van der Waals surface area contributed by atoms with Gasteiger partial charge in [0.05, 0.1) is 17.3 Å². The first-order chi connectivity index (χ1) is 11.7. The molecule has 0 saturated heterocycles. The summed E-state index contributed by atoms with van der Waals surface area (Å²) in [6, 6.07) is 15.8. The lowest BCUT2D eigenvalue weighted by molar-refractivity contribution is -0.121. The topological polar surface area (TPSA) is 82.4 Å². The molecule has 3 rings (SSSR count). The summed E-state index contributed by atoms with van der Waals surface area (Å²) in [5.74, 6) is 0.237. The van der Waals surface area contributed by atoms with E-state index in [4.69, 9.17) is 10.00 Å². The zero-order valence-corrected chi connectivity index (χ0v) is 12.9. The average Bonchev–Trinajstić information content (AvgIpc) is 2.63. The second kappa shape index (κ2) is 6.84. The minimum Gasteiger partial charge on any atom is -0.482 e. The molecule has 0 bridgehead atoms. The third-order valence-corrected chi connectivity index (χ3v) is 3.68. The van der Waals surface area contributed by atoms with Crippen molar-refractivity contribution in [2.24, 2.45) is 0 Å². The van der Waals surface area contributed by atoms with Crippen molar-refractivity contribution in [2.75, 3.05) is 24.6 Å². The summed E-state index contributed by atoms with van der Waals surface area (Å²) in [4.78, 5) is 25.8. The van der Waals surface area contributed by atoms with Crippen molar-refractivity contribution >= 4 is 17.5 Å². The van der Waals surface area contributed by atoms with Gasteiger partial charge in [-0.2, -0.15) is 5.26 Å². The van der Waals surface area contributed by atoms with Gasteiger partial charge in [-0.05, 0) is 30.3 Å². The molecule has 1 aliphatic rings. The first-order valence-electron chi connectivity index (χ1n) is 7.49. The maximum absolute atomic E-state index is 12.1. The number of ether oxygens (including phenoxy) is 1. The Hall–Kier alpha value is -3.33. The molecule has 0 spiro atoms. The van der Waals surface area contributed by atoms with Crippen molar-refractivity contribution in [3.8, 4) is 11.8 Å². The highest BCUT2D eigenvalue weighted by Gasteiger charge is 2.24. The van der Waals surface area contributed by atoms with Gasteiger partial charge in [0.15, 0.2) is 6.61 Å². The van der Waals surface area contributed by atoms with Crippen LogP contribution in [0.25, 0.3) is 0 Å². The number of rotatable bonds is 4. The lowest BCUT2D eigenvalue weighted by Crippen LogP contribution is -2.43. The summed E-state index contributed by atoms with van der Waals surface area (Å²) in [5, 5.41) is 11.6. The van der Waals surface area contributed by atoms with Gasteiger partial charge in [0, 0.05) is 18.7 Å². The Bertz CT molecular complexity index is 826. The molecule has 0 radical (unpaired) electrons. The number of benzene rings is 2. The molecule has 1 N–H and O–H groups in total. The second-order valence-electron chi connectivity index (χ2n) is 5.25. The number of para-hydroxylation sites is 2. The predicted molar refractivity (Wildman–Crippen MR) is 87.8 cm³/mol. The van der Waals surface area contributed by atoms with Crippen LogP contribution in [0.5, 0.6) is 5.75 Å². The van der Waals surface area contributed by atoms with E-state index in [0.29, 0.717) is 35.7 Å². The fourth-order valence-electron chi connectivity index (χ4n) is 2.51. The van der Waals surface area contributed by atoms with Crippen LogP contribution in [0.4, 0.5) is 5.69 Å². The normalized spacial score (nSPS) is 12.8. The van der Waals surface area contributed by atoms with Crippen molar-refractivity contribution in [3.63, 3.8) is 0 Å². The molecule has 0 fully saturated rings. The number of nitriles is 1. The number of nitrogens with one attached hydrogen (secondary N) is 1. The van der Waals surface area contributed by atoms with Gasteiger partial charge in [-0.15, -0.1) is 0 Å². The van der Waals surface area contributed by atoms with Crippen molar-refractivity contribution < 1.29 is 14.3 Å². The van der Waals surface area contributed by atoms with Crippen LogP contribution in [0.2, 0.25) is 0 Å². The highest BCUT2D eigenvalue weighted by atomic mass is 16.5. The Morgan fingerprint density at radius 1 is 1.25 bits per heavy atom. The number of nitrogens with zero attached hydrogens (tertiary/aromatic N) is 2. The van der Waals surface area contributed by atoms with Crippen LogP contribution < -0.4 is 15.0 Å². The Morgan fingerprint density at radius 2 is 2.08 bits per heavy atom. The van der Waals surface area contributed by atoms with E-state index in [-0.39, 0.29) is 18.4 Å². The number of anilines is 1. The van der Waals surface area contributed by atoms with E-state index in [0.717, 1.165) is 0 Å². The monoisotopic (exact) mass is 321 g/mol. The van der Waals surface area contributed by atoms with Gasteiger partial charge in [0.25, 0.3) is 11.8 Å². The molecular formula is C18H15N3O3. The molecule has 24 heavy (non-hydrogen) atoms. The Balaban J connectivity index is 1.63. The largest absolute Gasteiger partial charge is 0.482 e. The molecule has 2 aromatic carbocycles. The summed E-state index contributed by atoms with van der Waals surface area (Å²) in [6.07, 6.45) is 0. The van der Waals surface area contributed by atoms with Crippen molar-refractivity contribution in [1.82, 2.24) is 5.32 Å². The zero-order valence-electron chi connectivity index (χ0n) is 12.9. The summed E-state index contributed by atoms with van der Waals surface area (Å²) >= 11 is 0. The number of amides is 2. The first-order valence-corrected chi connectivity index (χ1v) is 7.49. The minimum absolute atomic E-state index is 0.00479. The summed E-state index contributed by atoms with van der Waals surface area (Å²) in [6.45, 7) is 0.647. The molecule has 1 heterocycles. The maximum atomic E-state index is 12.1. The van der Waals surface area contributed by atoms with Crippen LogP contribution in [0, 0.1) is 11.3 Å². The summed E-state index contributed by atoms with van der Waals surface area (Å²) < 4.78 is 5.38. The maximum Gasteiger partial charge on any atom is 0.265 e. The molecule has 0 saturated carbocycles. The summed E-state index contributed by atoms with van der Waals surface area (Å²) in [7, 11) is 0. The molecule has 6 heteroatoms. The lowest BCUT2D eigenvalue weighted by Gasteiger charge is -2.29. The highest BCUT2D eigenvalue weighted by Crippen LogP contribution is 2.30. The van der Waals surface area contributed by atoms with Gasteiger partial charge in [-0.3, -0.25) is 9.59 Å². The Morgan fingerprint density at radius 3 is 2.92 bits per heavy atom. The lowest BCUT2D eigenvalue weighted by atomic mass is 10.1. The number of hydrogen-bond donors (Lipinski definition) is 1. The van der Waals surface area contributed by atoms with Crippen molar-refractivity contribution in [3.05, 3.63) is 59.7 Å². The van der Waals surface area contributed by atoms with Crippen LogP contribution in [-0.4, -0.2) is 31.5 Å². The smallest absolute Gasteiger partial charge is 0.265 e. The molecule has 0 atom stereocenters. The van der Waals surface area contributed by atoms with Crippen molar-refractivity contribution in [1.29, 1.82) is 5.26 Å². The molecule has 0 unspecified atom stereocenters. The van der Waals surface area contributed by atoms with Gasteiger partial charge < -0.3 is 15.0 Å². The van der Waals surface area contributed by atoms with E-state index in [9.17, 15) is 9.59 Å². The molecule has 0 aromatic heterocycles. The Labute approximate surface area is 139 Å². The number of carbonyl (C=O) groups excluding carboxylic acids is 2. The Kier molecular flexibility index (Phi) is 4.43. The third kappa shape index (κ3) is 3.20. The van der Waals surface area contributed by atoms with Gasteiger partial charge in [-0.25, -0.2) is 0 Å². The first kappa shape index (κ1) is 15.6. The SMILES string of the molecule is N#Cc1cccc(C(=O)NCCN2C(=O)COc3ccccc32)c1. The van der Waals surface area contributed by atoms with E-state index in [1.165, 1.54) is 6.07 Å². The van der Waals surface area contributed by atoms with Crippen LogP contribution in [0.1, 0.15) is 15.9 Å². The van der Waals surface area contributed by atoms with E-state index < -0.39 is 0 Å². The molecule has 2 amide bonds. The third-order valence-electron chi connectivity index (χ3n) is 3.68. The number of fused-ring (bicyclic) bond motifs is 1. The minimum atomic E-state index is -0.277. The van der Waals surface area contributed by atoms with Crippen LogP contribution >= 0.6 is 0 Å². The molecule has 6 nitrogen and oxygen atoms in total. The van der Waals surface area contributed by atoms with Gasteiger partial charge in [-0.1, -0.05) is 18.2 Å².